The van der Waals surface area contributed by atoms with E-state index in [1.807, 2.05) is 11.8 Å². The number of hydrogen-bond donors (Lipinski definition) is 2. The maximum Gasteiger partial charge on any atom is 0.335 e. The molecule has 2 rings (SSSR count). The van der Waals surface area contributed by atoms with Gasteiger partial charge in [-0.3, -0.25) is 4.79 Å². The van der Waals surface area contributed by atoms with Gasteiger partial charge < -0.3 is 10.4 Å². The quantitative estimate of drug-likeness (QED) is 0.891. The Morgan fingerprint density at radius 2 is 2.20 bits per heavy atom. The molecule has 1 aliphatic rings. The second kappa shape index (κ2) is 6.99. The van der Waals surface area contributed by atoms with Crippen LogP contribution in [0.5, 0.6) is 0 Å². The molecule has 0 radical (unpaired) electrons. The number of benzene rings is 1. The Labute approximate surface area is 124 Å². The summed E-state index contributed by atoms with van der Waals surface area (Å²) in [5.74, 6) is 0.633. The highest BCUT2D eigenvalue weighted by Crippen LogP contribution is 2.23. The van der Waals surface area contributed by atoms with E-state index in [0.29, 0.717) is 11.8 Å². The molecule has 2 N–H and O–H groups in total. The summed E-state index contributed by atoms with van der Waals surface area (Å²) in [7, 11) is 0. The molecule has 1 amide bonds. The lowest BCUT2D eigenvalue weighted by atomic mass is 10.1. The minimum absolute atomic E-state index is 0.122. The van der Waals surface area contributed by atoms with Crippen LogP contribution in [0, 0.1) is 5.82 Å². The van der Waals surface area contributed by atoms with Crippen LogP contribution in [0.3, 0.4) is 0 Å². The van der Waals surface area contributed by atoms with Gasteiger partial charge in [0.15, 0.2) is 0 Å². The molecule has 0 bridgehead atoms. The molecule has 0 aliphatic carbocycles. The van der Waals surface area contributed by atoms with E-state index in [1.165, 1.54) is 12.1 Å². The number of halogens is 1. The van der Waals surface area contributed by atoms with Gasteiger partial charge in [-0.1, -0.05) is 0 Å². The third-order valence-corrected chi connectivity index (χ3v) is 5.68. The highest BCUT2D eigenvalue weighted by atomic mass is 32.2. The molecule has 1 aliphatic heterocycles. The molecule has 1 aromatic carbocycles. The van der Waals surface area contributed by atoms with Gasteiger partial charge in [0.1, 0.15) is 5.82 Å². The van der Waals surface area contributed by atoms with Crippen LogP contribution in [0.1, 0.15) is 20.7 Å². The van der Waals surface area contributed by atoms with Gasteiger partial charge in [-0.15, -0.1) is 0 Å². The summed E-state index contributed by atoms with van der Waals surface area (Å²) in [6.07, 6.45) is 0. The van der Waals surface area contributed by atoms with E-state index >= 15 is 0 Å². The molecule has 0 saturated carbocycles. The number of carboxylic acids is 1. The molecule has 108 valence electrons. The first-order valence-corrected chi connectivity index (χ1v) is 8.28. The maximum atomic E-state index is 13.7. The minimum atomic E-state index is -1.22. The summed E-state index contributed by atoms with van der Waals surface area (Å²) in [4.78, 5) is 22.6. The van der Waals surface area contributed by atoms with Crippen molar-refractivity contribution in [3.8, 4) is 0 Å². The second-order valence-electron chi connectivity index (χ2n) is 4.28. The average molecular weight is 315 g/mol. The van der Waals surface area contributed by atoms with Crippen molar-refractivity contribution in [1.82, 2.24) is 5.32 Å². The summed E-state index contributed by atoms with van der Waals surface area (Å²) in [5.41, 5.74) is -0.290. The molecule has 20 heavy (non-hydrogen) atoms. The number of amides is 1. The third kappa shape index (κ3) is 3.89. The Bertz CT molecular complexity index is 518. The summed E-state index contributed by atoms with van der Waals surface area (Å²) < 4.78 is 13.7. The van der Waals surface area contributed by atoms with E-state index in [9.17, 15) is 14.0 Å². The zero-order valence-corrected chi connectivity index (χ0v) is 12.2. The smallest absolute Gasteiger partial charge is 0.335 e. The highest BCUT2D eigenvalue weighted by Gasteiger charge is 2.18. The fourth-order valence-corrected chi connectivity index (χ4v) is 4.40. The molecule has 1 aromatic rings. The molecule has 7 heteroatoms. The van der Waals surface area contributed by atoms with Crippen molar-refractivity contribution in [2.75, 3.05) is 23.8 Å². The van der Waals surface area contributed by atoms with Gasteiger partial charge in [0.05, 0.1) is 11.1 Å². The van der Waals surface area contributed by atoms with Gasteiger partial charge in [0.2, 0.25) is 0 Å². The van der Waals surface area contributed by atoms with Crippen LogP contribution in [0.4, 0.5) is 4.39 Å². The lowest BCUT2D eigenvalue weighted by Gasteiger charge is -2.21. The van der Waals surface area contributed by atoms with Crippen molar-refractivity contribution >= 4 is 35.4 Å². The van der Waals surface area contributed by atoms with Crippen LogP contribution >= 0.6 is 23.5 Å². The number of aromatic carboxylic acids is 1. The largest absolute Gasteiger partial charge is 0.478 e. The SMILES string of the molecule is O=C(O)c1ccc(C(=O)NCC2CSCCS2)c(F)c1. The molecular formula is C13H14FNO3S2. The topological polar surface area (TPSA) is 66.4 Å². The molecule has 4 nitrogen and oxygen atoms in total. The number of nitrogens with one attached hydrogen (secondary N) is 1. The number of carboxylic acid groups (broad SMARTS) is 1. The Morgan fingerprint density at radius 3 is 2.80 bits per heavy atom. The predicted octanol–water partition coefficient (Wildman–Crippen LogP) is 2.10. The van der Waals surface area contributed by atoms with Gasteiger partial charge in [0, 0.05) is 29.1 Å². The van der Waals surface area contributed by atoms with E-state index in [4.69, 9.17) is 5.11 Å². The summed E-state index contributed by atoms with van der Waals surface area (Å²) in [6.45, 7) is 0.497. The van der Waals surface area contributed by atoms with Crippen LogP contribution in [-0.4, -0.2) is 46.0 Å². The summed E-state index contributed by atoms with van der Waals surface area (Å²) >= 11 is 3.65. The van der Waals surface area contributed by atoms with Crippen molar-refractivity contribution in [2.45, 2.75) is 5.25 Å². The normalized spacial score (nSPS) is 18.6. The van der Waals surface area contributed by atoms with E-state index < -0.39 is 17.7 Å². The fraction of sp³-hybridized carbons (Fsp3) is 0.385. The first-order valence-electron chi connectivity index (χ1n) is 6.08. The summed E-state index contributed by atoms with van der Waals surface area (Å²) in [5, 5.41) is 11.8. The van der Waals surface area contributed by atoms with Crippen molar-refractivity contribution in [2.24, 2.45) is 0 Å². The van der Waals surface area contributed by atoms with E-state index in [1.54, 1.807) is 11.8 Å². The standard InChI is InChI=1S/C13H14FNO3S2/c14-11-5-8(13(17)18)1-2-10(11)12(16)15-6-9-7-19-3-4-20-9/h1-2,5,9H,3-4,6-7H2,(H,15,16)(H,17,18). The lowest BCUT2D eigenvalue weighted by Crippen LogP contribution is -2.33. The van der Waals surface area contributed by atoms with Crippen LogP contribution < -0.4 is 5.32 Å². The van der Waals surface area contributed by atoms with Crippen LogP contribution in [0.2, 0.25) is 0 Å². The Balaban J connectivity index is 1.96. The van der Waals surface area contributed by atoms with Gasteiger partial charge in [-0.25, -0.2) is 9.18 Å². The van der Waals surface area contributed by atoms with Crippen molar-refractivity contribution in [3.63, 3.8) is 0 Å². The Kier molecular flexibility index (Phi) is 5.31. The molecule has 1 fully saturated rings. The lowest BCUT2D eigenvalue weighted by molar-refractivity contribution is 0.0695. The molecule has 1 heterocycles. The first-order chi connectivity index (χ1) is 9.58. The number of hydrogen-bond acceptors (Lipinski definition) is 4. The van der Waals surface area contributed by atoms with Crippen molar-refractivity contribution in [3.05, 3.63) is 35.1 Å². The van der Waals surface area contributed by atoms with Crippen molar-refractivity contribution < 1.29 is 19.1 Å². The number of carbonyl (C=O) groups is 2. The van der Waals surface area contributed by atoms with Gasteiger partial charge in [-0.05, 0) is 18.2 Å². The highest BCUT2D eigenvalue weighted by molar-refractivity contribution is 8.06. The molecule has 0 spiro atoms. The van der Waals surface area contributed by atoms with E-state index in [0.717, 1.165) is 23.3 Å². The third-order valence-electron chi connectivity index (χ3n) is 2.84. The van der Waals surface area contributed by atoms with Crippen LogP contribution in [-0.2, 0) is 0 Å². The first kappa shape index (κ1) is 15.2. The Morgan fingerprint density at radius 1 is 1.40 bits per heavy atom. The molecular weight excluding hydrogens is 301 g/mol. The number of carbonyl (C=O) groups excluding carboxylic acids is 1. The number of rotatable bonds is 4. The van der Waals surface area contributed by atoms with Gasteiger partial charge in [-0.2, -0.15) is 23.5 Å². The zero-order chi connectivity index (χ0) is 14.5. The summed E-state index contributed by atoms with van der Waals surface area (Å²) in [6, 6.07) is 3.30. The molecule has 1 saturated heterocycles. The van der Waals surface area contributed by atoms with Crippen LogP contribution in [0.25, 0.3) is 0 Å². The number of thioether (sulfide) groups is 2. The van der Waals surface area contributed by atoms with E-state index in [-0.39, 0.29) is 11.1 Å². The fourth-order valence-electron chi connectivity index (χ4n) is 1.79. The molecule has 0 aromatic heterocycles. The monoisotopic (exact) mass is 315 g/mol. The van der Waals surface area contributed by atoms with Gasteiger partial charge in [0.25, 0.3) is 5.91 Å². The van der Waals surface area contributed by atoms with E-state index in [2.05, 4.69) is 5.32 Å². The van der Waals surface area contributed by atoms with Crippen LogP contribution in [0.15, 0.2) is 18.2 Å². The minimum Gasteiger partial charge on any atom is -0.478 e. The van der Waals surface area contributed by atoms with Crippen molar-refractivity contribution in [1.29, 1.82) is 0 Å². The Hall–Kier alpha value is -1.21. The predicted molar refractivity (Wildman–Crippen MR) is 79.3 cm³/mol. The maximum absolute atomic E-state index is 13.7. The zero-order valence-electron chi connectivity index (χ0n) is 10.6. The van der Waals surface area contributed by atoms with Gasteiger partial charge >= 0.3 is 5.97 Å². The average Bonchev–Trinajstić information content (AvgIpc) is 2.45. The molecule has 1 atom stereocenters. The second-order valence-corrected chi connectivity index (χ2v) is 6.84. The molecule has 1 unspecified atom stereocenters.